The molecule has 0 aliphatic heterocycles. The third-order valence-electron chi connectivity index (χ3n) is 12.3. The van der Waals surface area contributed by atoms with Gasteiger partial charge in [-0.05, 0) is 25.2 Å². The number of carbonyl (C=O) groups is 3. The minimum absolute atomic E-state index is 0.0625. The lowest BCUT2D eigenvalue weighted by Gasteiger charge is -2.18. The number of esters is 3. The third-order valence-corrected chi connectivity index (χ3v) is 12.3. The minimum atomic E-state index is -0.760. The molecule has 0 unspecified atom stereocenters. The minimum Gasteiger partial charge on any atom is -0.462 e. The van der Waals surface area contributed by atoms with Crippen LogP contribution >= 0.6 is 0 Å². The van der Waals surface area contributed by atoms with Gasteiger partial charge in [0.1, 0.15) is 13.2 Å². The first-order chi connectivity index (χ1) is 29.4. The van der Waals surface area contributed by atoms with Crippen LogP contribution in [0.1, 0.15) is 304 Å². The van der Waals surface area contributed by atoms with E-state index in [1.54, 1.807) is 0 Å². The molecule has 1 atom stereocenters. The molecule has 0 spiro atoms. The van der Waals surface area contributed by atoms with Gasteiger partial charge in [-0.1, -0.05) is 265 Å². The van der Waals surface area contributed by atoms with E-state index in [9.17, 15) is 14.4 Å². The van der Waals surface area contributed by atoms with E-state index in [0.717, 1.165) is 63.7 Å². The molecule has 0 aromatic rings. The van der Waals surface area contributed by atoms with Crippen molar-refractivity contribution in [2.24, 2.45) is 5.92 Å². The molecule has 0 fully saturated rings. The molecule has 0 bridgehead atoms. The summed E-state index contributed by atoms with van der Waals surface area (Å²) >= 11 is 0. The Labute approximate surface area is 374 Å². The van der Waals surface area contributed by atoms with Crippen molar-refractivity contribution < 1.29 is 28.6 Å². The molecular formula is C54H104O6. The Hall–Kier alpha value is -1.59. The summed E-state index contributed by atoms with van der Waals surface area (Å²) in [6.45, 7) is 9.03. The fourth-order valence-corrected chi connectivity index (χ4v) is 8.22. The monoisotopic (exact) mass is 849 g/mol. The number of hydrogen-bond donors (Lipinski definition) is 0. The van der Waals surface area contributed by atoms with Gasteiger partial charge < -0.3 is 14.2 Å². The molecule has 6 heteroatoms. The Balaban J connectivity index is 4.24. The van der Waals surface area contributed by atoms with Gasteiger partial charge in [0.25, 0.3) is 0 Å². The second kappa shape index (κ2) is 48.4. The van der Waals surface area contributed by atoms with Gasteiger partial charge in [0.05, 0.1) is 0 Å². The van der Waals surface area contributed by atoms with Crippen molar-refractivity contribution in [3.63, 3.8) is 0 Å². The third kappa shape index (κ3) is 47.5. The maximum Gasteiger partial charge on any atom is 0.306 e. The Morgan fingerprint density at radius 2 is 0.550 bits per heavy atom. The second-order valence-corrected chi connectivity index (χ2v) is 19.0. The summed E-state index contributed by atoms with van der Waals surface area (Å²) in [5.74, 6) is -0.00290. The van der Waals surface area contributed by atoms with Crippen molar-refractivity contribution >= 4 is 17.9 Å². The van der Waals surface area contributed by atoms with Gasteiger partial charge in [0.2, 0.25) is 0 Å². The lowest BCUT2D eigenvalue weighted by Crippen LogP contribution is -2.30. The smallest absolute Gasteiger partial charge is 0.306 e. The highest BCUT2D eigenvalue weighted by atomic mass is 16.6. The molecule has 0 rings (SSSR count). The maximum atomic E-state index is 12.8. The van der Waals surface area contributed by atoms with Crippen LogP contribution in [-0.4, -0.2) is 37.2 Å². The maximum absolute atomic E-state index is 12.8. The molecule has 0 saturated carbocycles. The standard InChI is InChI=1S/C54H104O6/c1-5-7-9-11-13-15-17-18-19-20-23-26-30-33-37-41-45-52(55)58-48-51(60-54(57)47-43-39-35-29-16-14-12-10-8-6-2)49-59-53(56)46-42-38-34-31-27-24-21-22-25-28-32-36-40-44-50(3)4/h50-51H,5-49H2,1-4H3/t51-/m0/s1. The molecule has 0 amide bonds. The van der Waals surface area contributed by atoms with Crippen LogP contribution in [0.2, 0.25) is 0 Å². The van der Waals surface area contributed by atoms with Crippen LogP contribution in [0.3, 0.4) is 0 Å². The van der Waals surface area contributed by atoms with E-state index in [-0.39, 0.29) is 31.1 Å². The Morgan fingerprint density at radius 1 is 0.317 bits per heavy atom. The van der Waals surface area contributed by atoms with E-state index in [4.69, 9.17) is 14.2 Å². The molecule has 6 nitrogen and oxygen atoms in total. The van der Waals surface area contributed by atoms with E-state index < -0.39 is 6.10 Å². The van der Waals surface area contributed by atoms with E-state index in [1.165, 1.54) is 199 Å². The molecule has 0 radical (unpaired) electrons. The van der Waals surface area contributed by atoms with Crippen molar-refractivity contribution in [1.29, 1.82) is 0 Å². The van der Waals surface area contributed by atoms with Crippen LogP contribution in [0.5, 0.6) is 0 Å². The van der Waals surface area contributed by atoms with Gasteiger partial charge in [-0.3, -0.25) is 14.4 Å². The predicted molar refractivity (Wildman–Crippen MR) is 257 cm³/mol. The average Bonchev–Trinajstić information content (AvgIpc) is 3.23. The predicted octanol–water partition coefficient (Wildman–Crippen LogP) is 17.5. The number of carbonyl (C=O) groups excluding carboxylic acids is 3. The molecular weight excluding hydrogens is 745 g/mol. The summed E-state index contributed by atoms with van der Waals surface area (Å²) in [6.07, 6.45) is 50.9. The molecule has 0 saturated heterocycles. The van der Waals surface area contributed by atoms with E-state index >= 15 is 0 Å². The highest BCUT2D eigenvalue weighted by molar-refractivity contribution is 5.71. The van der Waals surface area contributed by atoms with Crippen molar-refractivity contribution in [3.8, 4) is 0 Å². The Kier molecular flexibility index (Phi) is 47.2. The second-order valence-electron chi connectivity index (χ2n) is 19.0. The summed E-state index contributed by atoms with van der Waals surface area (Å²) in [5.41, 5.74) is 0. The topological polar surface area (TPSA) is 78.9 Å². The first-order valence-electron chi connectivity index (χ1n) is 26.9. The molecule has 0 heterocycles. The van der Waals surface area contributed by atoms with E-state index in [2.05, 4.69) is 27.7 Å². The molecule has 0 aliphatic rings. The summed E-state index contributed by atoms with van der Waals surface area (Å²) in [4.78, 5) is 37.9. The van der Waals surface area contributed by atoms with Gasteiger partial charge in [0, 0.05) is 19.3 Å². The van der Waals surface area contributed by atoms with Crippen molar-refractivity contribution in [2.45, 2.75) is 310 Å². The largest absolute Gasteiger partial charge is 0.462 e. The van der Waals surface area contributed by atoms with Crippen molar-refractivity contribution in [2.75, 3.05) is 13.2 Å². The number of rotatable bonds is 49. The van der Waals surface area contributed by atoms with Crippen LogP contribution in [-0.2, 0) is 28.6 Å². The van der Waals surface area contributed by atoms with Gasteiger partial charge in [-0.25, -0.2) is 0 Å². The average molecular weight is 849 g/mol. The van der Waals surface area contributed by atoms with Crippen LogP contribution in [0.25, 0.3) is 0 Å². The van der Waals surface area contributed by atoms with E-state index in [1.807, 2.05) is 0 Å². The van der Waals surface area contributed by atoms with Crippen molar-refractivity contribution in [3.05, 3.63) is 0 Å². The van der Waals surface area contributed by atoms with Gasteiger partial charge in [-0.15, -0.1) is 0 Å². The molecule has 0 aromatic carbocycles. The lowest BCUT2D eigenvalue weighted by atomic mass is 10.0. The summed E-state index contributed by atoms with van der Waals surface area (Å²) in [7, 11) is 0. The molecule has 356 valence electrons. The molecule has 0 N–H and O–H groups in total. The summed E-state index contributed by atoms with van der Waals surface area (Å²) in [6, 6.07) is 0. The van der Waals surface area contributed by atoms with Crippen molar-refractivity contribution in [1.82, 2.24) is 0 Å². The normalized spacial score (nSPS) is 11.9. The zero-order valence-corrected chi connectivity index (χ0v) is 40.9. The first kappa shape index (κ1) is 58.4. The number of unbranched alkanes of at least 4 members (excludes halogenated alkanes) is 36. The zero-order chi connectivity index (χ0) is 43.8. The zero-order valence-electron chi connectivity index (χ0n) is 40.9. The molecule has 60 heavy (non-hydrogen) atoms. The van der Waals surface area contributed by atoms with Gasteiger partial charge >= 0.3 is 17.9 Å². The highest BCUT2D eigenvalue weighted by Crippen LogP contribution is 2.17. The first-order valence-corrected chi connectivity index (χ1v) is 26.9. The number of hydrogen-bond acceptors (Lipinski definition) is 6. The summed E-state index contributed by atoms with van der Waals surface area (Å²) in [5, 5.41) is 0. The SMILES string of the molecule is CCCCCCCCCCCCCCCCCCC(=O)OC[C@@H](COC(=O)CCCCCCCCCCCCCCCC(C)C)OC(=O)CCCCCCCCCCCC. The number of ether oxygens (including phenoxy) is 3. The van der Waals surface area contributed by atoms with E-state index in [0.29, 0.717) is 19.3 Å². The lowest BCUT2D eigenvalue weighted by molar-refractivity contribution is -0.167. The van der Waals surface area contributed by atoms with Gasteiger partial charge in [0.15, 0.2) is 6.10 Å². The van der Waals surface area contributed by atoms with Crippen LogP contribution in [0.15, 0.2) is 0 Å². The van der Waals surface area contributed by atoms with Crippen LogP contribution < -0.4 is 0 Å². The van der Waals surface area contributed by atoms with Crippen LogP contribution in [0.4, 0.5) is 0 Å². The fourth-order valence-electron chi connectivity index (χ4n) is 8.22. The highest BCUT2D eigenvalue weighted by Gasteiger charge is 2.19. The summed E-state index contributed by atoms with van der Waals surface area (Å²) < 4.78 is 16.8. The van der Waals surface area contributed by atoms with Gasteiger partial charge in [-0.2, -0.15) is 0 Å². The fraction of sp³-hybridized carbons (Fsp3) is 0.944. The molecule has 0 aliphatic carbocycles. The quantitative estimate of drug-likeness (QED) is 0.0345. The Morgan fingerprint density at radius 3 is 0.817 bits per heavy atom. The Bertz CT molecular complexity index is 903. The van der Waals surface area contributed by atoms with Crippen LogP contribution in [0, 0.1) is 5.92 Å². The molecule has 0 aromatic heterocycles.